The molecule has 1 saturated heterocycles. The van der Waals surface area contributed by atoms with Crippen molar-refractivity contribution >= 4 is 23.1 Å². The van der Waals surface area contributed by atoms with E-state index in [9.17, 15) is 39.9 Å². The molecule has 0 spiro atoms. The minimum Gasteiger partial charge on any atom is -0.475 e. The van der Waals surface area contributed by atoms with Crippen molar-refractivity contribution < 1.29 is 49.8 Å². The number of carbonyl (C=O) groups is 1. The first-order valence-electron chi connectivity index (χ1n) is 11.3. The number of hydrogen-bond donors (Lipinski definition) is 1. The molecule has 0 radical (unpaired) electrons. The summed E-state index contributed by atoms with van der Waals surface area (Å²) in [6.07, 6.45) is -2.16. The smallest absolute Gasteiger partial charge is 0.475 e. The van der Waals surface area contributed by atoms with Crippen molar-refractivity contribution in [1.29, 1.82) is 0 Å². The second-order valence-corrected chi connectivity index (χ2v) is 8.21. The maximum Gasteiger partial charge on any atom is 0.490 e. The van der Waals surface area contributed by atoms with Crippen molar-refractivity contribution in [2.75, 3.05) is 18.0 Å². The van der Waals surface area contributed by atoms with Crippen LogP contribution in [0.1, 0.15) is 26.2 Å². The topological polar surface area (TPSA) is 102 Å². The first-order chi connectivity index (χ1) is 18.7. The summed E-state index contributed by atoms with van der Waals surface area (Å²) in [6, 6.07) is -0.688. The number of nitrogens with zero attached hydrogens (tertiary/aromatic N) is 5. The van der Waals surface area contributed by atoms with E-state index in [1.54, 1.807) is 11.5 Å². The van der Waals surface area contributed by atoms with Gasteiger partial charge in [-0.2, -0.15) is 31.9 Å². The number of halogens is 8. The van der Waals surface area contributed by atoms with Gasteiger partial charge in [0.25, 0.3) is 5.56 Å². The first-order valence-corrected chi connectivity index (χ1v) is 11.3. The molecule has 0 unspecified atom stereocenters. The summed E-state index contributed by atoms with van der Waals surface area (Å²) in [4.78, 5) is 32.4. The third-order valence-electron chi connectivity index (χ3n) is 5.58. The number of imidazole rings is 1. The highest BCUT2D eigenvalue weighted by atomic mass is 19.4. The van der Waals surface area contributed by atoms with Crippen LogP contribution in [-0.2, 0) is 18.4 Å². The molecule has 1 N–H and O–H groups in total. The number of carboxylic acid groups (broad SMARTS) is 1. The van der Waals surface area contributed by atoms with Crippen LogP contribution in [0.25, 0.3) is 11.2 Å². The van der Waals surface area contributed by atoms with Crippen molar-refractivity contribution in [1.82, 2.24) is 19.1 Å². The molecule has 0 saturated carbocycles. The third-order valence-corrected chi connectivity index (χ3v) is 5.58. The Labute approximate surface area is 219 Å². The molecule has 40 heavy (non-hydrogen) atoms. The Morgan fingerprint density at radius 1 is 0.975 bits per heavy atom. The predicted octanol–water partition coefficient (Wildman–Crippen LogP) is 4.26. The number of alkyl halides is 3. The summed E-state index contributed by atoms with van der Waals surface area (Å²) in [6.45, 7) is 3.20. The van der Waals surface area contributed by atoms with Crippen molar-refractivity contribution in [2.24, 2.45) is 7.05 Å². The molecule has 1 aromatic carbocycles. The molecule has 2 aromatic heterocycles. The maximum atomic E-state index is 14.1. The molecule has 0 bridgehead atoms. The molecule has 0 amide bonds. The van der Waals surface area contributed by atoms with Crippen LogP contribution in [0.5, 0.6) is 11.8 Å². The maximum absolute atomic E-state index is 14.1. The lowest BCUT2D eigenvalue weighted by Gasteiger charge is -2.27. The van der Waals surface area contributed by atoms with Gasteiger partial charge < -0.3 is 14.7 Å². The molecule has 1 fully saturated rings. The molecule has 216 valence electrons. The van der Waals surface area contributed by atoms with Crippen LogP contribution in [0.4, 0.5) is 41.1 Å². The zero-order chi connectivity index (χ0) is 29.9. The van der Waals surface area contributed by atoms with E-state index in [1.165, 1.54) is 7.05 Å². The van der Waals surface area contributed by atoms with Crippen LogP contribution >= 0.6 is 0 Å². The number of piperidine rings is 1. The molecule has 0 atom stereocenters. The van der Waals surface area contributed by atoms with Crippen molar-refractivity contribution in [2.45, 2.75) is 38.9 Å². The standard InChI is InChI=1S/C21H18F5N5O2.C2HF3O2/c1-3-4-10-31-16-18(27-20(31)30-8-6-5-7-9-30)28-21(29(2)19(16)32)33-17-14(25)12(23)11(22)13(24)15(17)26;3-2(4,5)1(6)7/h5-10H2,1-2H3;(H,6,7). The van der Waals surface area contributed by atoms with E-state index < -0.39 is 58.6 Å². The number of aromatic nitrogens is 4. The Kier molecular flexibility index (Phi) is 8.90. The van der Waals surface area contributed by atoms with Gasteiger partial charge in [-0.15, -0.1) is 5.92 Å². The second kappa shape index (κ2) is 11.8. The van der Waals surface area contributed by atoms with E-state index in [1.807, 2.05) is 4.90 Å². The van der Waals surface area contributed by atoms with Crippen LogP contribution in [0.15, 0.2) is 4.79 Å². The van der Waals surface area contributed by atoms with Gasteiger partial charge in [0.1, 0.15) is 0 Å². The number of hydrogen-bond acceptors (Lipinski definition) is 6. The fraction of sp³-hybridized carbons (Fsp3) is 0.391. The van der Waals surface area contributed by atoms with Crippen LogP contribution in [0.3, 0.4) is 0 Å². The Morgan fingerprint density at radius 2 is 1.50 bits per heavy atom. The zero-order valence-electron chi connectivity index (χ0n) is 20.7. The van der Waals surface area contributed by atoms with Gasteiger partial charge in [0, 0.05) is 20.1 Å². The summed E-state index contributed by atoms with van der Waals surface area (Å²) < 4.78 is 108. The average molecular weight is 581 g/mol. The molecular formula is C23H19F8N5O4. The van der Waals surface area contributed by atoms with Crippen LogP contribution in [0, 0.1) is 40.9 Å². The number of rotatable bonds is 4. The molecule has 17 heteroatoms. The minimum atomic E-state index is -5.08. The molecule has 3 aromatic rings. The molecule has 3 heterocycles. The average Bonchev–Trinajstić information content (AvgIpc) is 3.28. The molecule has 1 aliphatic heterocycles. The monoisotopic (exact) mass is 581 g/mol. The molecular weight excluding hydrogens is 562 g/mol. The Hall–Kier alpha value is -4.36. The van der Waals surface area contributed by atoms with E-state index >= 15 is 0 Å². The minimum absolute atomic E-state index is 0.0746. The Bertz CT molecular complexity index is 1540. The Morgan fingerprint density at radius 3 is 2.00 bits per heavy atom. The van der Waals surface area contributed by atoms with Gasteiger partial charge in [-0.3, -0.25) is 13.9 Å². The number of aliphatic carboxylic acids is 1. The summed E-state index contributed by atoms with van der Waals surface area (Å²) in [5.41, 5.74) is -0.714. The lowest BCUT2D eigenvalue weighted by molar-refractivity contribution is -0.192. The largest absolute Gasteiger partial charge is 0.490 e. The van der Waals surface area contributed by atoms with Crippen molar-refractivity contribution in [3.63, 3.8) is 0 Å². The van der Waals surface area contributed by atoms with E-state index in [2.05, 4.69) is 21.8 Å². The van der Waals surface area contributed by atoms with Gasteiger partial charge in [0.15, 0.2) is 11.2 Å². The number of benzene rings is 1. The highest BCUT2D eigenvalue weighted by Crippen LogP contribution is 2.32. The molecule has 1 aliphatic rings. The predicted molar refractivity (Wildman–Crippen MR) is 122 cm³/mol. The number of anilines is 1. The van der Waals surface area contributed by atoms with Crippen LogP contribution in [0.2, 0.25) is 0 Å². The van der Waals surface area contributed by atoms with Gasteiger partial charge in [-0.05, 0) is 26.2 Å². The van der Waals surface area contributed by atoms with E-state index in [0.717, 1.165) is 23.8 Å². The van der Waals surface area contributed by atoms with E-state index in [4.69, 9.17) is 14.6 Å². The SMILES string of the molecule is CC#CCn1c(N2CCCCC2)nc2nc(Oc3c(F)c(F)c(F)c(F)c3F)n(C)c(=O)c21.O=C(O)C(F)(F)F. The highest BCUT2D eigenvalue weighted by Gasteiger charge is 2.38. The second-order valence-electron chi connectivity index (χ2n) is 8.21. The first kappa shape index (κ1) is 30.2. The third kappa shape index (κ3) is 5.95. The number of fused-ring (bicyclic) bond motifs is 1. The highest BCUT2D eigenvalue weighted by molar-refractivity contribution is 5.75. The fourth-order valence-electron chi connectivity index (χ4n) is 3.63. The zero-order valence-corrected chi connectivity index (χ0v) is 20.7. The van der Waals surface area contributed by atoms with E-state index in [0.29, 0.717) is 19.0 Å². The number of carboxylic acids is 1. The van der Waals surface area contributed by atoms with Crippen molar-refractivity contribution in [3.8, 4) is 23.6 Å². The normalized spacial score (nSPS) is 13.4. The van der Waals surface area contributed by atoms with Crippen molar-refractivity contribution in [3.05, 3.63) is 39.4 Å². The van der Waals surface area contributed by atoms with Crippen LogP contribution in [-0.4, -0.2) is 49.4 Å². The summed E-state index contributed by atoms with van der Waals surface area (Å²) >= 11 is 0. The lowest BCUT2D eigenvalue weighted by atomic mass is 10.1. The Balaban J connectivity index is 0.000000559. The van der Waals surface area contributed by atoms with Gasteiger partial charge in [0.05, 0.1) is 6.54 Å². The molecule has 4 rings (SSSR count). The molecule has 9 nitrogen and oxygen atoms in total. The molecule has 0 aliphatic carbocycles. The van der Waals surface area contributed by atoms with Gasteiger partial charge in [-0.25, -0.2) is 18.0 Å². The quantitative estimate of drug-likeness (QED) is 0.213. The summed E-state index contributed by atoms with van der Waals surface area (Å²) in [7, 11) is 1.19. The van der Waals surface area contributed by atoms with Crippen LogP contribution < -0.4 is 15.2 Å². The van der Waals surface area contributed by atoms with Gasteiger partial charge in [0.2, 0.25) is 40.8 Å². The summed E-state index contributed by atoms with van der Waals surface area (Å²) in [5.74, 6) is -9.29. The van der Waals surface area contributed by atoms with Gasteiger partial charge >= 0.3 is 18.2 Å². The number of ether oxygens (including phenoxy) is 1. The van der Waals surface area contributed by atoms with E-state index in [-0.39, 0.29) is 17.7 Å². The lowest BCUT2D eigenvalue weighted by Crippen LogP contribution is -2.32. The van der Waals surface area contributed by atoms with Gasteiger partial charge in [-0.1, -0.05) is 5.92 Å². The summed E-state index contributed by atoms with van der Waals surface area (Å²) in [5, 5.41) is 7.12. The fourth-order valence-corrected chi connectivity index (χ4v) is 3.63.